The molecule has 1 aliphatic heterocycles. The van der Waals surface area contributed by atoms with Gasteiger partial charge in [-0.1, -0.05) is 30.3 Å². The van der Waals surface area contributed by atoms with Gasteiger partial charge in [0.15, 0.2) is 6.23 Å². The molecule has 1 heterocycles. The zero-order chi connectivity index (χ0) is 13.4. The Balaban J connectivity index is 1.89. The van der Waals surface area contributed by atoms with Crippen LogP contribution >= 0.6 is 0 Å². The first-order valence-corrected chi connectivity index (χ1v) is 6.97. The Morgan fingerprint density at radius 2 is 1.89 bits per heavy atom. The fraction of sp³-hybridized carbons (Fsp3) is 0.438. The van der Waals surface area contributed by atoms with Gasteiger partial charge in [-0.2, -0.15) is 0 Å². The van der Waals surface area contributed by atoms with Gasteiger partial charge in [-0.25, -0.2) is 0 Å². The van der Waals surface area contributed by atoms with Crippen LogP contribution in [0.15, 0.2) is 41.5 Å². The van der Waals surface area contributed by atoms with E-state index in [1.807, 2.05) is 37.3 Å². The van der Waals surface area contributed by atoms with Gasteiger partial charge in [0.2, 0.25) is 0 Å². The van der Waals surface area contributed by atoms with Crippen molar-refractivity contribution in [2.45, 2.75) is 44.9 Å². The van der Waals surface area contributed by atoms with Gasteiger partial charge in [-0.3, -0.25) is 4.79 Å². The van der Waals surface area contributed by atoms with Gasteiger partial charge >= 0.3 is 0 Å². The first kappa shape index (κ1) is 12.4. The molecule has 3 nitrogen and oxygen atoms in total. The Labute approximate surface area is 113 Å². The minimum atomic E-state index is -0.724. The molecule has 0 saturated heterocycles. The summed E-state index contributed by atoms with van der Waals surface area (Å²) in [5.41, 5.74) is 2.88. The van der Waals surface area contributed by atoms with Crippen LogP contribution in [0, 0.1) is 0 Å². The number of aliphatic hydroxyl groups excluding tert-OH is 1. The molecule has 3 heteroatoms. The molecule has 0 bridgehead atoms. The van der Waals surface area contributed by atoms with Gasteiger partial charge in [0.05, 0.1) is 6.04 Å². The molecule has 2 aliphatic rings. The molecular formula is C16H19NO2. The maximum atomic E-state index is 12.5. The Morgan fingerprint density at radius 1 is 1.21 bits per heavy atom. The molecule has 0 saturated carbocycles. The SMILES string of the molecule is C[C@@H](c1ccccc1)N1C(=O)C2=C(CCCC2)[C@@H]1O. The number of carbonyl (C=O) groups is 1. The van der Waals surface area contributed by atoms with Crippen molar-refractivity contribution in [1.29, 1.82) is 0 Å². The van der Waals surface area contributed by atoms with Crippen LogP contribution in [0.3, 0.4) is 0 Å². The second kappa shape index (κ2) is 4.82. The van der Waals surface area contributed by atoms with Crippen LogP contribution in [-0.4, -0.2) is 22.1 Å². The molecule has 100 valence electrons. The van der Waals surface area contributed by atoms with Crippen LogP contribution in [0.2, 0.25) is 0 Å². The molecular weight excluding hydrogens is 238 g/mol. The lowest BCUT2D eigenvalue weighted by Gasteiger charge is -2.29. The van der Waals surface area contributed by atoms with E-state index in [1.165, 1.54) is 0 Å². The molecule has 1 aromatic carbocycles. The van der Waals surface area contributed by atoms with Gasteiger partial charge in [0.1, 0.15) is 0 Å². The van der Waals surface area contributed by atoms with Crippen molar-refractivity contribution in [3.05, 3.63) is 47.0 Å². The Kier molecular flexibility index (Phi) is 3.15. The number of amides is 1. The van der Waals surface area contributed by atoms with Crippen LogP contribution in [0.4, 0.5) is 0 Å². The predicted molar refractivity (Wildman–Crippen MR) is 73.2 cm³/mol. The highest BCUT2D eigenvalue weighted by Gasteiger charge is 2.41. The lowest BCUT2D eigenvalue weighted by Crippen LogP contribution is -2.37. The lowest BCUT2D eigenvalue weighted by atomic mass is 9.93. The van der Waals surface area contributed by atoms with E-state index in [9.17, 15) is 9.90 Å². The minimum absolute atomic E-state index is 0.0264. The third-order valence-electron chi connectivity index (χ3n) is 4.28. The van der Waals surface area contributed by atoms with Crippen LogP contribution in [0.5, 0.6) is 0 Å². The molecule has 0 radical (unpaired) electrons. The highest BCUT2D eigenvalue weighted by molar-refractivity contribution is 5.97. The highest BCUT2D eigenvalue weighted by atomic mass is 16.3. The standard InChI is InChI=1S/C16H19NO2/c1-11(12-7-3-2-4-8-12)17-15(18)13-9-5-6-10-14(13)16(17)19/h2-4,7-8,11,15,18H,5-6,9-10H2,1H3/t11-,15-/m0/s1. The van der Waals surface area contributed by atoms with E-state index >= 15 is 0 Å². The quantitative estimate of drug-likeness (QED) is 0.885. The normalized spacial score (nSPS) is 24.6. The number of carbonyl (C=O) groups excluding carboxylic acids is 1. The van der Waals surface area contributed by atoms with Gasteiger partial charge in [0, 0.05) is 5.57 Å². The zero-order valence-corrected chi connectivity index (χ0v) is 11.2. The van der Waals surface area contributed by atoms with E-state index in [0.29, 0.717) is 0 Å². The fourth-order valence-corrected chi connectivity index (χ4v) is 3.17. The number of rotatable bonds is 2. The molecule has 3 rings (SSSR count). The Bertz CT molecular complexity index is 521. The predicted octanol–water partition coefficient (Wildman–Crippen LogP) is 2.78. The summed E-state index contributed by atoms with van der Waals surface area (Å²) in [5, 5.41) is 10.4. The fourth-order valence-electron chi connectivity index (χ4n) is 3.17. The summed E-state index contributed by atoms with van der Waals surface area (Å²) in [6, 6.07) is 9.80. The molecule has 19 heavy (non-hydrogen) atoms. The molecule has 1 amide bonds. The van der Waals surface area contributed by atoms with Crippen molar-refractivity contribution in [2.75, 3.05) is 0 Å². The second-order valence-corrected chi connectivity index (χ2v) is 5.38. The van der Waals surface area contributed by atoms with Gasteiger partial charge in [-0.05, 0) is 43.7 Å². The molecule has 0 aromatic heterocycles. The van der Waals surface area contributed by atoms with E-state index in [2.05, 4.69) is 0 Å². The zero-order valence-electron chi connectivity index (χ0n) is 11.2. The van der Waals surface area contributed by atoms with Crippen molar-refractivity contribution >= 4 is 5.91 Å². The number of aliphatic hydroxyl groups is 1. The highest BCUT2D eigenvalue weighted by Crippen LogP contribution is 2.39. The number of hydrogen-bond donors (Lipinski definition) is 1. The monoisotopic (exact) mass is 257 g/mol. The number of hydrogen-bond acceptors (Lipinski definition) is 2. The first-order chi connectivity index (χ1) is 9.20. The van der Waals surface area contributed by atoms with Crippen molar-refractivity contribution in [3.63, 3.8) is 0 Å². The van der Waals surface area contributed by atoms with Crippen LogP contribution < -0.4 is 0 Å². The summed E-state index contributed by atoms with van der Waals surface area (Å²) in [7, 11) is 0. The Morgan fingerprint density at radius 3 is 2.58 bits per heavy atom. The smallest absolute Gasteiger partial charge is 0.252 e. The molecule has 0 spiro atoms. The number of nitrogens with zero attached hydrogens (tertiary/aromatic N) is 1. The van der Waals surface area contributed by atoms with E-state index < -0.39 is 6.23 Å². The maximum absolute atomic E-state index is 12.5. The molecule has 1 N–H and O–H groups in total. The molecule has 0 fully saturated rings. The summed E-state index contributed by atoms with van der Waals surface area (Å²) in [5.74, 6) is 0.0264. The molecule has 1 aliphatic carbocycles. The van der Waals surface area contributed by atoms with E-state index in [0.717, 1.165) is 42.4 Å². The maximum Gasteiger partial charge on any atom is 0.252 e. The minimum Gasteiger partial charge on any atom is -0.369 e. The second-order valence-electron chi connectivity index (χ2n) is 5.38. The van der Waals surface area contributed by atoms with E-state index in [1.54, 1.807) is 4.90 Å². The van der Waals surface area contributed by atoms with Gasteiger partial charge in [-0.15, -0.1) is 0 Å². The molecule has 0 unspecified atom stereocenters. The summed E-state index contributed by atoms with van der Waals surface area (Å²) >= 11 is 0. The van der Waals surface area contributed by atoms with Crippen molar-refractivity contribution in [1.82, 2.24) is 4.90 Å². The van der Waals surface area contributed by atoms with Crippen LogP contribution in [0.1, 0.15) is 44.2 Å². The van der Waals surface area contributed by atoms with Crippen LogP contribution in [0.25, 0.3) is 0 Å². The largest absolute Gasteiger partial charge is 0.369 e. The van der Waals surface area contributed by atoms with Crippen molar-refractivity contribution in [2.24, 2.45) is 0 Å². The average molecular weight is 257 g/mol. The molecule has 1 aromatic rings. The summed E-state index contributed by atoms with van der Waals surface area (Å²) in [4.78, 5) is 14.1. The topological polar surface area (TPSA) is 40.5 Å². The van der Waals surface area contributed by atoms with Crippen molar-refractivity contribution in [3.8, 4) is 0 Å². The first-order valence-electron chi connectivity index (χ1n) is 6.97. The summed E-state index contributed by atoms with van der Waals surface area (Å²) in [6.07, 6.45) is 3.10. The van der Waals surface area contributed by atoms with Crippen molar-refractivity contribution < 1.29 is 9.90 Å². The molecule has 2 atom stereocenters. The number of benzene rings is 1. The van der Waals surface area contributed by atoms with Crippen LogP contribution in [-0.2, 0) is 4.79 Å². The van der Waals surface area contributed by atoms with Gasteiger partial charge in [0.25, 0.3) is 5.91 Å². The van der Waals surface area contributed by atoms with E-state index in [4.69, 9.17) is 0 Å². The summed E-state index contributed by atoms with van der Waals surface area (Å²) in [6.45, 7) is 1.98. The summed E-state index contributed by atoms with van der Waals surface area (Å²) < 4.78 is 0. The van der Waals surface area contributed by atoms with Gasteiger partial charge < -0.3 is 10.0 Å². The Hall–Kier alpha value is -1.61. The third kappa shape index (κ3) is 1.98. The third-order valence-corrected chi connectivity index (χ3v) is 4.28. The van der Waals surface area contributed by atoms with E-state index in [-0.39, 0.29) is 11.9 Å². The lowest BCUT2D eigenvalue weighted by molar-refractivity contribution is -0.135. The average Bonchev–Trinajstić information content (AvgIpc) is 2.72.